The average Bonchev–Trinajstić information content (AvgIpc) is 2.47. The molecule has 118 valence electrons. The second-order valence-electron chi connectivity index (χ2n) is 5.27. The number of H-pyrrole nitrogens is 1. The first-order chi connectivity index (χ1) is 10.5. The summed E-state index contributed by atoms with van der Waals surface area (Å²) in [5.41, 5.74) is 0.553. The summed E-state index contributed by atoms with van der Waals surface area (Å²) in [6.45, 7) is 3.52. The third-order valence-electron chi connectivity index (χ3n) is 3.70. The number of fused-ring (bicyclic) bond motifs is 1. The van der Waals surface area contributed by atoms with Crippen LogP contribution in [0.3, 0.4) is 0 Å². The van der Waals surface area contributed by atoms with Crippen LogP contribution >= 0.6 is 0 Å². The molecule has 0 bridgehead atoms. The fraction of sp³-hybridized carbons (Fsp3) is 0.375. The number of hydrogen-bond acceptors (Lipinski definition) is 3. The van der Waals surface area contributed by atoms with Gasteiger partial charge in [-0.3, -0.25) is 9.59 Å². The standard InChI is InChI=1S/C16H19FN2O3/c1-3-11(4-5-20)19-16(22)13-8-18-14-9(2)6-10(17)7-12(14)15(13)21/h6-8,11,20H,3-5H2,1-2H3,(H,18,21)(H,19,22). The minimum absolute atomic E-state index is 0.0444. The summed E-state index contributed by atoms with van der Waals surface area (Å²) in [5, 5.41) is 11.8. The summed E-state index contributed by atoms with van der Waals surface area (Å²) < 4.78 is 13.5. The van der Waals surface area contributed by atoms with Gasteiger partial charge in [0.2, 0.25) is 5.43 Å². The zero-order chi connectivity index (χ0) is 16.3. The van der Waals surface area contributed by atoms with Crippen LogP contribution in [0.15, 0.2) is 23.1 Å². The van der Waals surface area contributed by atoms with Gasteiger partial charge >= 0.3 is 0 Å². The highest BCUT2D eigenvalue weighted by atomic mass is 19.1. The van der Waals surface area contributed by atoms with Crippen molar-refractivity contribution < 1.29 is 14.3 Å². The van der Waals surface area contributed by atoms with Crippen molar-refractivity contribution in [2.75, 3.05) is 6.61 Å². The second-order valence-corrected chi connectivity index (χ2v) is 5.27. The molecule has 2 rings (SSSR count). The summed E-state index contributed by atoms with van der Waals surface area (Å²) in [6.07, 6.45) is 2.41. The minimum Gasteiger partial charge on any atom is -0.396 e. The first-order valence-electron chi connectivity index (χ1n) is 7.21. The number of aromatic nitrogens is 1. The molecule has 3 N–H and O–H groups in total. The van der Waals surface area contributed by atoms with Crippen molar-refractivity contribution in [2.45, 2.75) is 32.7 Å². The van der Waals surface area contributed by atoms with Gasteiger partial charge in [-0.1, -0.05) is 6.92 Å². The molecular formula is C16H19FN2O3. The van der Waals surface area contributed by atoms with Crippen molar-refractivity contribution >= 4 is 16.8 Å². The van der Waals surface area contributed by atoms with Gasteiger partial charge in [-0.05, 0) is 37.5 Å². The van der Waals surface area contributed by atoms with Gasteiger partial charge in [0.1, 0.15) is 11.4 Å². The molecule has 0 saturated carbocycles. The zero-order valence-electron chi connectivity index (χ0n) is 12.6. The van der Waals surface area contributed by atoms with Gasteiger partial charge in [0.25, 0.3) is 5.91 Å². The minimum atomic E-state index is -0.523. The maximum absolute atomic E-state index is 13.5. The zero-order valence-corrected chi connectivity index (χ0v) is 12.6. The quantitative estimate of drug-likeness (QED) is 0.788. The van der Waals surface area contributed by atoms with E-state index >= 15 is 0 Å². The van der Waals surface area contributed by atoms with Crippen molar-refractivity contribution in [3.63, 3.8) is 0 Å². The molecule has 2 aromatic rings. The number of nitrogens with one attached hydrogen (secondary N) is 2. The number of rotatable bonds is 5. The molecule has 5 nitrogen and oxygen atoms in total. The number of halogens is 1. The lowest BCUT2D eigenvalue weighted by atomic mass is 10.1. The maximum atomic E-state index is 13.5. The summed E-state index contributed by atoms with van der Waals surface area (Å²) in [5.74, 6) is -1.04. The van der Waals surface area contributed by atoms with Gasteiger partial charge in [0.15, 0.2) is 0 Å². The molecule has 6 heteroatoms. The van der Waals surface area contributed by atoms with Crippen molar-refractivity contribution in [3.8, 4) is 0 Å². The summed E-state index contributed by atoms with van der Waals surface area (Å²) in [7, 11) is 0. The van der Waals surface area contributed by atoms with Crippen molar-refractivity contribution in [1.82, 2.24) is 10.3 Å². The molecule has 1 heterocycles. The van der Waals surface area contributed by atoms with Crippen LogP contribution in [0.2, 0.25) is 0 Å². The van der Waals surface area contributed by atoms with Crippen molar-refractivity contribution in [3.05, 3.63) is 45.5 Å². The Balaban J connectivity index is 2.42. The van der Waals surface area contributed by atoms with E-state index in [1.165, 1.54) is 12.3 Å². The molecule has 0 fully saturated rings. The van der Waals surface area contributed by atoms with E-state index in [1.54, 1.807) is 6.92 Å². The fourth-order valence-corrected chi connectivity index (χ4v) is 2.43. The Bertz CT molecular complexity index is 755. The van der Waals surface area contributed by atoms with E-state index in [4.69, 9.17) is 5.11 Å². The summed E-state index contributed by atoms with van der Waals surface area (Å²) in [4.78, 5) is 27.5. The number of benzene rings is 1. The Kier molecular flexibility index (Phi) is 4.92. The highest BCUT2D eigenvalue weighted by Gasteiger charge is 2.17. The number of hydrogen-bond donors (Lipinski definition) is 3. The number of aryl methyl sites for hydroxylation is 1. The second kappa shape index (κ2) is 6.70. The highest BCUT2D eigenvalue weighted by Crippen LogP contribution is 2.15. The Morgan fingerprint density at radius 3 is 2.82 bits per heavy atom. The van der Waals surface area contributed by atoms with Crippen LogP contribution in [0, 0.1) is 12.7 Å². The Morgan fingerprint density at radius 1 is 1.45 bits per heavy atom. The molecule has 1 aromatic heterocycles. The molecule has 0 radical (unpaired) electrons. The first kappa shape index (κ1) is 16.2. The molecule has 1 unspecified atom stereocenters. The van der Waals surface area contributed by atoms with Crippen molar-refractivity contribution in [1.29, 1.82) is 0 Å². The molecule has 0 aliphatic heterocycles. The topological polar surface area (TPSA) is 82.2 Å². The van der Waals surface area contributed by atoms with Crippen molar-refractivity contribution in [2.24, 2.45) is 0 Å². The number of pyridine rings is 1. The SMILES string of the molecule is CCC(CCO)NC(=O)c1c[nH]c2c(C)cc(F)cc2c1=O. The van der Waals surface area contributed by atoms with Gasteiger partial charge in [-0.15, -0.1) is 0 Å². The van der Waals surface area contributed by atoms with Crippen LogP contribution in [0.5, 0.6) is 0 Å². The van der Waals surface area contributed by atoms with Gasteiger partial charge in [-0.2, -0.15) is 0 Å². The summed E-state index contributed by atoms with van der Waals surface area (Å²) in [6, 6.07) is 2.25. The number of aliphatic hydroxyl groups excluding tert-OH is 1. The van der Waals surface area contributed by atoms with E-state index in [0.29, 0.717) is 23.9 Å². The maximum Gasteiger partial charge on any atom is 0.256 e. The lowest BCUT2D eigenvalue weighted by Gasteiger charge is -2.15. The molecule has 0 spiro atoms. The van der Waals surface area contributed by atoms with Gasteiger partial charge < -0.3 is 15.4 Å². The van der Waals surface area contributed by atoms with Crippen LogP contribution in [-0.2, 0) is 0 Å². The average molecular weight is 306 g/mol. The first-order valence-corrected chi connectivity index (χ1v) is 7.21. The van der Waals surface area contributed by atoms with E-state index in [-0.39, 0.29) is 23.6 Å². The number of aliphatic hydroxyl groups is 1. The van der Waals surface area contributed by atoms with E-state index in [9.17, 15) is 14.0 Å². The number of aromatic amines is 1. The number of carbonyl (C=O) groups is 1. The summed E-state index contributed by atoms with van der Waals surface area (Å²) >= 11 is 0. The Hall–Kier alpha value is -2.21. The Labute approximate surface area is 127 Å². The van der Waals surface area contributed by atoms with E-state index in [1.807, 2.05) is 6.92 Å². The molecule has 0 aliphatic rings. The third-order valence-corrected chi connectivity index (χ3v) is 3.70. The van der Waals surface area contributed by atoms with E-state index in [2.05, 4.69) is 10.3 Å². The molecular weight excluding hydrogens is 287 g/mol. The van der Waals surface area contributed by atoms with Gasteiger partial charge in [-0.25, -0.2) is 4.39 Å². The van der Waals surface area contributed by atoms with Crippen LogP contribution < -0.4 is 10.7 Å². The molecule has 1 atom stereocenters. The van der Waals surface area contributed by atoms with Crippen LogP contribution in [0.25, 0.3) is 10.9 Å². The van der Waals surface area contributed by atoms with Crippen LogP contribution in [0.1, 0.15) is 35.7 Å². The Morgan fingerprint density at radius 2 is 2.18 bits per heavy atom. The largest absolute Gasteiger partial charge is 0.396 e. The third kappa shape index (κ3) is 3.17. The molecule has 1 amide bonds. The van der Waals surface area contributed by atoms with Crippen LogP contribution in [0.4, 0.5) is 4.39 Å². The monoisotopic (exact) mass is 306 g/mol. The lowest BCUT2D eigenvalue weighted by molar-refractivity contribution is 0.0928. The van der Waals surface area contributed by atoms with E-state index < -0.39 is 17.2 Å². The normalized spacial score (nSPS) is 12.4. The predicted molar refractivity (Wildman–Crippen MR) is 82.5 cm³/mol. The molecule has 0 aliphatic carbocycles. The number of amides is 1. The highest BCUT2D eigenvalue weighted by molar-refractivity contribution is 5.97. The van der Waals surface area contributed by atoms with E-state index in [0.717, 1.165) is 6.07 Å². The predicted octanol–water partition coefficient (Wildman–Crippen LogP) is 1.87. The smallest absolute Gasteiger partial charge is 0.256 e. The fourth-order valence-electron chi connectivity index (χ4n) is 2.43. The van der Waals surface area contributed by atoms with Crippen LogP contribution in [-0.4, -0.2) is 28.6 Å². The number of carbonyl (C=O) groups excluding carboxylic acids is 1. The van der Waals surface area contributed by atoms with Gasteiger partial charge in [0.05, 0.1) is 5.52 Å². The van der Waals surface area contributed by atoms with Gasteiger partial charge in [0, 0.05) is 24.2 Å². The molecule has 1 aromatic carbocycles. The molecule has 0 saturated heterocycles. The molecule has 22 heavy (non-hydrogen) atoms. The lowest BCUT2D eigenvalue weighted by Crippen LogP contribution is -2.37.